The molecule has 2 N–H and O–H groups in total. The van der Waals surface area contributed by atoms with Crippen molar-refractivity contribution in [2.75, 3.05) is 40.4 Å². The Morgan fingerprint density at radius 3 is 2.61 bits per heavy atom. The number of ether oxygens (including phenoxy) is 2. The van der Waals surface area contributed by atoms with E-state index in [0.717, 1.165) is 86.3 Å². The van der Waals surface area contributed by atoms with Crippen molar-refractivity contribution in [3.63, 3.8) is 0 Å². The summed E-state index contributed by atoms with van der Waals surface area (Å²) in [6.45, 7) is 17.8. The lowest BCUT2D eigenvalue weighted by molar-refractivity contribution is 0.0986. The number of nitrogens with two attached hydrogens (primary N) is 1. The van der Waals surface area contributed by atoms with Crippen LogP contribution in [0.25, 0.3) is 0 Å². The van der Waals surface area contributed by atoms with Crippen LogP contribution in [0.1, 0.15) is 43.7 Å². The first-order chi connectivity index (χ1) is 18.4. The van der Waals surface area contributed by atoms with Gasteiger partial charge in [0.25, 0.3) is 0 Å². The summed E-state index contributed by atoms with van der Waals surface area (Å²) in [4.78, 5) is 7.50. The second kappa shape index (κ2) is 10.7. The standard InChI is InChI=1S/C30H39N5O2S/c1-7-35-22(4)34-19-24-16-25(36-5)17-26(37-6)28(24)21(3)15-27(34)30(35)11-13-33(14-12-30)18-23-10-8-9-20(2)29(23)32-38-31/h8-10,15-17,21H,2,4,7,11-14,18-19,31H2,1,3,5-6H3/b32-29+/t21-/m0/s1. The van der Waals surface area contributed by atoms with Crippen LogP contribution in [0.15, 0.2) is 76.7 Å². The first-order valence-corrected chi connectivity index (χ1v) is 14.1. The highest BCUT2D eigenvalue weighted by molar-refractivity contribution is 7.95. The Bertz CT molecular complexity index is 1260. The second-order valence-electron chi connectivity index (χ2n) is 10.4. The minimum absolute atomic E-state index is 0.0650. The molecule has 8 heteroatoms. The van der Waals surface area contributed by atoms with Crippen LogP contribution in [0.4, 0.5) is 0 Å². The van der Waals surface area contributed by atoms with Gasteiger partial charge >= 0.3 is 0 Å². The molecule has 0 unspecified atom stereocenters. The molecule has 1 spiro atoms. The maximum Gasteiger partial charge on any atom is 0.126 e. The van der Waals surface area contributed by atoms with Gasteiger partial charge in [-0.15, -0.1) is 0 Å². The number of hydrogen-bond acceptors (Lipinski definition) is 8. The van der Waals surface area contributed by atoms with Crippen LogP contribution in [0.3, 0.4) is 0 Å². The van der Waals surface area contributed by atoms with Gasteiger partial charge in [0.1, 0.15) is 17.3 Å². The van der Waals surface area contributed by atoms with E-state index in [0.29, 0.717) is 0 Å². The SMILES string of the molecule is C=C1C=CC=C(CN2CCC3(CC2)C2=C[C@H](C)c4c(cc(OC)cc4OC)CN2C(=C)N3CC)/C1=N/SN. The number of hydrogen-bond donors (Lipinski definition) is 1. The number of rotatable bonds is 6. The lowest BCUT2D eigenvalue weighted by atomic mass is 9.81. The third kappa shape index (κ3) is 4.38. The maximum atomic E-state index is 5.83. The Kier molecular flexibility index (Phi) is 7.49. The third-order valence-corrected chi connectivity index (χ3v) is 8.78. The van der Waals surface area contributed by atoms with E-state index in [1.165, 1.54) is 22.4 Å². The second-order valence-corrected chi connectivity index (χ2v) is 10.8. The number of likely N-dealkylation sites (N-methyl/N-ethyl adjacent to an activating group) is 1. The number of methoxy groups -OCH3 is 2. The van der Waals surface area contributed by atoms with Crippen LogP contribution in [0.5, 0.6) is 11.5 Å². The van der Waals surface area contributed by atoms with E-state index in [1.54, 1.807) is 14.2 Å². The van der Waals surface area contributed by atoms with E-state index < -0.39 is 0 Å². The fourth-order valence-electron chi connectivity index (χ4n) is 6.70. The lowest BCUT2D eigenvalue weighted by Gasteiger charge is -2.45. The zero-order valence-corrected chi connectivity index (χ0v) is 23.8. The van der Waals surface area contributed by atoms with Gasteiger partial charge in [-0.25, -0.2) is 0 Å². The van der Waals surface area contributed by atoms with Crippen molar-refractivity contribution in [3.05, 3.63) is 83.4 Å². The molecule has 202 valence electrons. The first-order valence-electron chi connectivity index (χ1n) is 13.3. The monoisotopic (exact) mass is 533 g/mol. The summed E-state index contributed by atoms with van der Waals surface area (Å²) in [6.07, 6.45) is 10.7. The molecule has 0 aromatic heterocycles. The molecule has 2 fully saturated rings. The van der Waals surface area contributed by atoms with Crippen LogP contribution in [0.2, 0.25) is 0 Å². The number of allylic oxidation sites excluding steroid dienone is 5. The Balaban J connectivity index is 1.43. The van der Waals surface area contributed by atoms with Crippen molar-refractivity contribution >= 4 is 17.8 Å². The zero-order valence-electron chi connectivity index (χ0n) is 23.0. The lowest BCUT2D eigenvalue weighted by Crippen LogP contribution is -2.53. The summed E-state index contributed by atoms with van der Waals surface area (Å²) in [5.74, 6) is 3.00. The fraction of sp³-hybridized carbons (Fsp3) is 0.433. The Morgan fingerprint density at radius 2 is 1.95 bits per heavy atom. The van der Waals surface area contributed by atoms with Gasteiger partial charge in [-0.1, -0.05) is 44.4 Å². The summed E-state index contributed by atoms with van der Waals surface area (Å²) < 4.78 is 15.9. The molecule has 38 heavy (non-hydrogen) atoms. The van der Waals surface area contributed by atoms with Crippen LogP contribution in [0, 0.1) is 0 Å². The van der Waals surface area contributed by atoms with Crippen LogP contribution < -0.4 is 14.6 Å². The molecular formula is C30H39N5O2S. The van der Waals surface area contributed by atoms with Gasteiger partial charge in [0.15, 0.2) is 0 Å². The molecule has 0 bridgehead atoms. The number of piperidine rings is 1. The Hall–Kier alpha value is -2.94. The highest BCUT2D eigenvalue weighted by Crippen LogP contribution is 2.51. The molecular weight excluding hydrogens is 494 g/mol. The minimum atomic E-state index is -0.0650. The van der Waals surface area contributed by atoms with Crippen LogP contribution in [-0.2, 0) is 6.54 Å². The molecule has 7 nitrogen and oxygen atoms in total. The van der Waals surface area contributed by atoms with Crippen molar-refractivity contribution in [2.45, 2.75) is 44.7 Å². The van der Waals surface area contributed by atoms with Gasteiger partial charge in [0, 0.05) is 56.0 Å². The number of benzene rings is 1. The van der Waals surface area contributed by atoms with Gasteiger partial charge in [0.05, 0.1) is 37.6 Å². The number of nitrogens with zero attached hydrogens (tertiary/aromatic N) is 4. The topological polar surface area (TPSA) is 66.6 Å². The molecule has 1 aromatic carbocycles. The van der Waals surface area contributed by atoms with Gasteiger partial charge < -0.3 is 19.3 Å². The van der Waals surface area contributed by atoms with Crippen LogP contribution in [-0.4, -0.2) is 66.3 Å². The van der Waals surface area contributed by atoms with Gasteiger partial charge in [-0.3, -0.25) is 10.0 Å². The minimum Gasteiger partial charge on any atom is -0.497 e. The van der Waals surface area contributed by atoms with Crippen molar-refractivity contribution in [1.82, 2.24) is 14.7 Å². The summed E-state index contributed by atoms with van der Waals surface area (Å²) in [6, 6.07) is 4.15. The molecule has 1 aliphatic carbocycles. The smallest absolute Gasteiger partial charge is 0.126 e. The summed E-state index contributed by atoms with van der Waals surface area (Å²) >= 11 is 0.998. The first kappa shape index (κ1) is 26.7. The van der Waals surface area contributed by atoms with E-state index >= 15 is 0 Å². The Morgan fingerprint density at radius 1 is 1.18 bits per heavy atom. The predicted octanol–water partition coefficient (Wildman–Crippen LogP) is 5.16. The molecule has 0 saturated carbocycles. The Labute approximate surface area is 231 Å². The van der Waals surface area contributed by atoms with E-state index in [2.05, 4.69) is 70.4 Å². The van der Waals surface area contributed by atoms with Crippen molar-refractivity contribution < 1.29 is 9.47 Å². The van der Waals surface area contributed by atoms with Crippen molar-refractivity contribution in [3.8, 4) is 11.5 Å². The molecule has 3 heterocycles. The predicted molar refractivity (Wildman–Crippen MR) is 157 cm³/mol. The normalized spacial score (nSPS) is 23.8. The largest absolute Gasteiger partial charge is 0.497 e. The zero-order chi connectivity index (χ0) is 27.0. The summed E-state index contributed by atoms with van der Waals surface area (Å²) in [5.41, 5.74) is 6.77. The van der Waals surface area contributed by atoms with E-state index in [1.807, 2.05) is 12.1 Å². The third-order valence-electron chi connectivity index (χ3n) is 8.50. The molecule has 1 atom stereocenters. The highest BCUT2D eigenvalue weighted by atomic mass is 32.2. The summed E-state index contributed by atoms with van der Waals surface area (Å²) in [7, 11) is 3.45. The molecule has 3 aliphatic heterocycles. The van der Waals surface area contributed by atoms with Crippen LogP contribution >= 0.6 is 12.1 Å². The van der Waals surface area contributed by atoms with E-state index in [9.17, 15) is 0 Å². The van der Waals surface area contributed by atoms with Gasteiger partial charge in [-0.05, 0) is 42.5 Å². The molecule has 1 aromatic rings. The maximum absolute atomic E-state index is 5.83. The molecule has 4 aliphatic rings. The average Bonchev–Trinajstić information content (AvgIpc) is 3.02. The van der Waals surface area contributed by atoms with E-state index in [-0.39, 0.29) is 11.5 Å². The average molecular weight is 534 g/mol. The van der Waals surface area contributed by atoms with E-state index in [4.69, 9.17) is 14.6 Å². The molecule has 0 radical (unpaired) electrons. The van der Waals surface area contributed by atoms with Gasteiger partial charge in [-0.2, -0.15) is 4.40 Å². The molecule has 5 rings (SSSR count). The van der Waals surface area contributed by atoms with Crippen molar-refractivity contribution in [1.29, 1.82) is 0 Å². The fourth-order valence-corrected chi connectivity index (χ4v) is 7.04. The molecule has 0 amide bonds. The number of fused-ring (bicyclic) bond motifs is 3. The summed E-state index contributed by atoms with van der Waals surface area (Å²) in [5, 5.41) is 5.68. The molecule has 2 saturated heterocycles. The van der Waals surface area contributed by atoms with Crippen molar-refractivity contribution in [2.24, 2.45) is 9.54 Å². The number of likely N-dealkylation sites (tertiary alicyclic amines) is 1. The highest BCUT2D eigenvalue weighted by Gasteiger charge is 2.52. The quantitative estimate of drug-likeness (QED) is 0.507. The van der Waals surface area contributed by atoms with Gasteiger partial charge in [0.2, 0.25) is 0 Å².